The number of benzene rings is 1. The maximum atomic E-state index is 7.35. The van der Waals surface area contributed by atoms with Crippen LogP contribution in [-0.2, 0) is 0 Å². The molecule has 0 saturated carbocycles. The Kier molecular flexibility index (Phi) is 4.35. The lowest BCUT2D eigenvalue weighted by Gasteiger charge is -2.30. The minimum Gasteiger partial charge on any atom is -0.388 e. The van der Waals surface area contributed by atoms with E-state index in [1.54, 1.807) is 0 Å². The van der Waals surface area contributed by atoms with E-state index in [1.165, 1.54) is 11.3 Å². The monoisotopic (exact) mass is 219 g/mol. The van der Waals surface area contributed by atoms with Crippen molar-refractivity contribution >= 4 is 11.5 Å². The molecule has 0 aliphatic rings. The molecule has 0 fully saturated rings. The van der Waals surface area contributed by atoms with Crippen LogP contribution in [0.5, 0.6) is 0 Å². The summed E-state index contributed by atoms with van der Waals surface area (Å²) in [5.74, 6) is 0.249. The summed E-state index contributed by atoms with van der Waals surface area (Å²) in [5, 5.41) is 7.35. The molecular formula is C13H21N3. The standard InChI is InChI=1S/C13H21N3/c1-4-16(11(3)9-13(14)15)12-7-5-6-10(2)8-12/h5-8,11H,4,9H2,1-3H3,(H3,14,15). The van der Waals surface area contributed by atoms with Crippen molar-refractivity contribution in [2.24, 2.45) is 5.73 Å². The van der Waals surface area contributed by atoms with Gasteiger partial charge in [-0.05, 0) is 38.5 Å². The predicted octanol–water partition coefficient (Wildman–Crippen LogP) is 2.54. The third kappa shape index (κ3) is 3.26. The topological polar surface area (TPSA) is 53.1 Å². The maximum Gasteiger partial charge on any atom is 0.0925 e. The molecular weight excluding hydrogens is 198 g/mol. The number of anilines is 1. The van der Waals surface area contributed by atoms with Crippen LogP contribution in [0.25, 0.3) is 0 Å². The number of amidine groups is 1. The van der Waals surface area contributed by atoms with Crippen molar-refractivity contribution in [3.8, 4) is 0 Å². The molecule has 3 nitrogen and oxygen atoms in total. The number of nitrogens with one attached hydrogen (secondary N) is 1. The maximum absolute atomic E-state index is 7.35. The molecule has 3 heteroatoms. The van der Waals surface area contributed by atoms with Crippen LogP contribution < -0.4 is 10.6 Å². The van der Waals surface area contributed by atoms with Gasteiger partial charge in [0.2, 0.25) is 0 Å². The van der Waals surface area contributed by atoms with E-state index in [2.05, 4.69) is 49.9 Å². The molecule has 1 rings (SSSR count). The molecule has 0 aliphatic heterocycles. The Balaban J connectivity index is 2.85. The third-order valence-corrected chi connectivity index (χ3v) is 2.72. The Morgan fingerprint density at radius 2 is 2.19 bits per heavy atom. The molecule has 0 heterocycles. The van der Waals surface area contributed by atoms with Gasteiger partial charge in [0.1, 0.15) is 0 Å². The quantitative estimate of drug-likeness (QED) is 0.590. The Morgan fingerprint density at radius 3 is 2.69 bits per heavy atom. The van der Waals surface area contributed by atoms with Crippen molar-refractivity contribution in [3.63, 3.8) is 0 Å². The summed E-state index contributed by atoms with van der Waals surface area (Å²) in [6.07, 6.45) is 0.613. The van der Waals surface area contributed by atoms with Gasteiger partial charge in [-0.3, -0.25) is 5.41 Å². The zero-order chi connectivity index (χ0) is 12.1. The molecule has 16 heavy (non-hydrogen) atoms. The van der Waals surface area contributed by atoms with Crippen LogP contribution >= 0.6 is 0 Å². The average molecular weight is 219 g/mol. The molecule has 0 bridgehead atoms. The fraction of sp³-hybridized carbons (Fsp3) is 0.462. The van der Waals surface area contributed by atoms with Gasteiger partial charge in [-0.25, -0.2) is 0 Å². The minimum atomic E-state index is 0.249. The molecule has 0 radical (unpaired) electrons. The first-order valence-corrected chi connectivity index (χ1v) is 5.70. The van der Waals surface area contributed by atoms with E-state index in [0.717, 1.165) is 6.54 Å². The molecule has 1 aromatic rings. The fourth-order valence-corrected chi connectivity index (χ4v) is 1.98. The highest BCUT2D eigenvalue weighted by Crippen LogP contribution is 2.19. The smallest absolute Gasteiger partial charge is 0.0925 e. The lowest BCUT2D eigenvalue weighted by atomic mass is 10.1. The van der Waals surface area contributed by atoms with Gasteiger partial charge in [-0.2, -0.15) is 0 Å². The van der Waals surface area contributed by atoms with E-state index in [-0.39, 0.29) is 11.9 Å². The van der Waals surface area contributed by atoms with Gasteiger partial charge >= 0.3 is 0 Å². The number of aryl methyl sites for hydroxylation is 1. The van der Waals surface area contributed by atoms with Crippen molar-refractivity contribution < 1.29 is 0 Å². The van der Waals surface area contributed by atoms with Gasteiger partial charge < -0.3 is 10.6 Å². The van der Waals surface area contributed by atoms with Crippen LogP contribution in [0.2, 0.25) is 0 Å². The second-order valence-corrected chi connectivity index (χ2v) is 4.20. The number of nitrogens with zero attached hydrogens (tertiary/aromatic N) is 1. The summed E-state index contributed by atoms with van der Waals surface area (Å²) in [4.78, 5) is 2.27. The fourth-order valence-electron chi connectivity index (χ4n) is 1.98. The van der Waals surface area contributed by atoms with Crippen LogP contribution in [0.15, 0.2) is 24.3 Å². The molecule has 3 N–H and O–H groups in total. The van der Waals surface area contributed by atoms with Crippen LogP contribution in [0.1, 0.15) is 25.8 Å². The molecule has 1 unspecified atom stereocenters. The SMILES string of the molecule is CCN(c1cccc(C)c1)C(C)CC(=N)N. The number of hydrogen-bond donors (Lipinski definition) is 2. The van der Waals surface area contributed by atoms with Gasteiger partial charge in [0.25, 0.3) is 0 Å². The number of nitrogens with two attached hydrogens (primary N) is 1. The molecule has 0 aliphatic carbocycles. The summed E-state index contributed by atoms with van der Waals surface area (Å²) in [5.41, 5.74) is 7.91. The van der Waals surface area contributed by atoms with Crippen LogP contribution in [0, 0.1) is 12.3 Å². The zero-order valence-electron chi connectivity index (χ0n) is 10.3. The first-order valence-electron chi connectivity index (χ1n) is 5.70. The third-order valence-electron chi connectivity index (χ3n) is 2.72. The normalized spacial score (nSPS) is 12.2. The molecule has 1 atom stereocenters. The average Bonchev–Trinajstić information content (AvgIpc) is 2.17. The molecule has 0 amide bonds. The van der Waals surface area contributed by atoms with Gasteiger partial charge in [0, 0.05) is 24.7 Å². The first-order chi connectivity index (χ1) is 7.54. The van der Waals surface area contributed by atoms with Crippen LogP contribution in [0.4, 0.5) is 5.69 Å². The Labute approximate surface area is 97.8 Å². The van der Waals surface area contributed by atoms with E-state index in [9.17, 15) is 0 Å². The van der Waals surface area contributed by atoms with Crippen molar-refractivity contribution in [1.29, 1.82) is 5.41 Å². The first kappa shape index (κ1) is 12.6. The van der Waals surface area contributed by atoms with E-state index < -0.39 is 0 Å². The van der Waals surface area contributed by atoms with Gasteiger partial charge in [0.05, 0.1) is 5.84 Å². The van der Waals surface area contributed by atoms with E-state index in [1.807, 2.05) is 0 Å². The second kappa shape index (κ2) is 5.54. The molecule has 1 aromatic carbocycles. The molecule has 0 spiro atoms. The number of hydrogen-bond acceptors (Lipinski definition) is 2. The lowest BCUT2D eigenvalue weighted by Crippen LogP contribution is -2.36. The van der Waals surface area contributed by atoms with Gasteiger partial charge in [-0.1, -0.05) is 12.1 Å². The Bertz CT molecular complexity index is 360. The molecule has 0 saturated heterocycles. The van der Waals surface area contributed by atoms with Gasteiger partial charge in [0.15, 0.2) is 0 Å². The second-order valence-electron chi connectivity index (χ2n) is 4.20. The molecule has 0 aromatic heterocycles. The summed E-state index contributed by atoms with van der Waals surface area (Å²) >= 11 is 0. The van der Waals surface area contributed by atoms with Crippen molar-refractivity contribution in [2.45, 2.75) is 33.2 Å². The van der Waals surface area contributed by atoms with E-state index >= 15 is 0 Å². The Hall–Kier alpha value is -1.51. The highest BCUT2D eigenvalue weighted by Gasteiger charge is 2.13. The van der Waals surface area contributed by atoms with Crippen molar-refractivity contribution in [1.82, 2.24) is 0 Å². The largest absolute Gasteiger partial charge is 0.388 e. The summed E-state index contributed by atoms with van der Waals surface area (Å²) < 4.78 is 0. The highest BCUT2D eigenvalue weighted by atomic mass is 15.2. The molecule has 88 valence electrons. The van der Waals surface area contributed by atoms with Crippen LogP contribution in [0.3, 0.4) is 0 Å². The summed E-state index contributed by atoms with van der Waals surface area (Å²) in [6, 6.07) is 8.69. The highest BCUT2D eigenvalue weighted by molar-refractivity contribution is 5.78. The summed E-state index contributed by atoms with van der Waals surface area (Å²) in [7, 11) is 0. The van der Waals surface area contributed by atoms with E-state index in [4.69, 9.17) is 11.1 Å². The summed E-state index contributed by atoms with van der Waals surface area (Å²) in [6.45, 7) is 7.25. The van der Waals surface area contributed by atoms with Gasteiger partial charge in [-0.15, -0.1) is 0 Å². The van der Waals surface area contributed by atoms with Crippen molar-refractivity contribution in [3.05, 3.63) is 29.8 Å². The zero-order valence-corrected chi connectivity index (χ0v) is 10.3. The van der Waals surface area contributed by atoms with Crippen LogP contribution in [-0.4, -0.2) is 18.4 Å². The minimum absolute atomic E-state index is 0.249. The predicted molar refractivity (Wildman–Crippen MR) is 70.2 cm³/mol. The van der Waals surface area contributed by atoms with E-state index in [0.29, 0.717) is 6.42 Å². The number of rotatable bonds is 5. The van der Waals surface area contributed by atoms with Crippen molar-refractivity contribution in [2.75, 3.05) is 11.4 Å². The Morgan fingerprint density at radius 1 is 1.50 bits per heavy atom. The lowest BCUT2D eigenvalue weighted by molar-refractivity contribution is 0.667.